The molecule has 1 aliphatic rings. The minimum Gasteiger partial charge on any atom is -0.508 e. The van der Waals surface area contributed by atoms with Crippen molar-refractivity contribution >= 4 is 39.3 Å². The highest BCUT2D eigenvalue weighted by molar-refractivity contribution is 7.21. The molecule has 4 nitrogen and oxygen atoms in total. The van der Waals surface area contributed by atoms with E-state index in [1.54, 1.807) is 12.1 Å². The fourth-order valence-electron chi connectivity index (χ4n) is 3.00. The smallest absolute Gasteiger partial charge is 0.328 e. The van der Waals surface area contributed by atoms with Gasteiger partial charge in [-0.25, -0.2) is 4.79 Å². The normalized spacial score (nSPS) is 14.2. The van der Waals surface area contributed by atoms with Gasteiger partial charge in [-0.1, -0.05) is 24.3 Å². The molecule has 0 amide bonds. The van der Waals surface area contributed by atoms with Crippen molar-refractivity contribution in [3.8, 4) is 16.9 Å². The Morgan fingerprint density at radius 3 is 2.46 bits per heavy atom. The van der Waals surface area contributed by atoms with E-state index >= 15 is 0 Å². The first-order valence-electron chi connectivity index (χ1n) is 8.34. The van der Waals surface area contributed by atoms with Gasteiger partial charge in [0.1, 0.15) is 5.75 Å². The van der Waals surface area contributed by atoms with Crippen LogP contribution in [-0.2, 0) is 4.79 Å². The van der Waals surface area contributed by atoms with E-state index in [-0.39, 0.29) is 17.5 Å². The number of carbonyl (C=O) groups excluding carboxylic acids is 1. The third-order valence-electron chi connectivity index (χ3n) is 4.46. The maximum absolute atomic E-state index is 12.8. The lowest BCUT2D eigenvalue weighted by atomic mass is 9.98. The van der Waals surface area contributed by atoms with Crippen molar-refractivity contribution in [1.82, 2.24) is 0 Å². The predicted molar refractivity (Wildman–Crippen MR) is 103 cm³/mol. The monoisotopic (exact) mass is 364 g/mol. The molecule has 0 unspecified atom stereocenters. The molecule has 1 saturated carbocycles. The maximum atomic E-state index is 12.8. The highest BCUT2D eigenvalue weighted by Gasteiger charge is 2.33. The number of hydrogen-bond donors (Lipinski definition) is 2. The van der Waals surface area contributed by atoms with Crippen LogP contribution < -0.4 is 0 Å². The zero-order chi connectivity index (χ0) is 18.3. The van der Waals surface area contributed by atoms with Crippen molar-refractivity contribution in [3.05, 3.63) is 59.0 Å². The third-order valence-corrected chi connectivity index (χ3v) is 5.63. The van der Waals surface area contributed by atoms with Gasteiger partial charge in [-0.3, -0.25) is 4.79 Å². The molecule has 2 aromatic carbocycles. The van der Waals surface area contributed by atoms with E-state index in [1.807, 2.05) is 30.3 Å². The standard InChI is InChI=1S/C21H16O4S/c22-15-8-9-16-17(11-15)26-21(20(25)14-6-7-14)19(16)13-4-1-12(2-5-13)3-10-18(23)24/h1-5,8-11,14,22H,6-7H2,(H,23,24)/b10-3+. The Kier molecular flexibility index (Phi) is 4.09. The second-order valence-corrected chi connectivity index (χ2v) is 7.47. The number of phenolic OH excluding ortho intramolecular Hbond substituents is 1. The summed E-state index contributed by atoms with van der Waals surface area (Å²) in [4.78, 5) is 24.2. The van der Waals surface area contributed by atoms with E-state index < -0.39 is 5.97 Å². The van der Waals surface area contributed by atoms with Crippen molar-refractivity contribution in [3.63, 3.8) is 0 Å². The van der Waals surface area contributed by atoms with Crippen molar-refractivity contribution in [2.45, 2.75) is 12.8 Å². The highest BCUT2D eigenvalue weighted by Crippen LogP contribution is 2.44. The maximum Gasteiger partial charge on any atom is 0.328 e. The van der Waals surface area contributed by atoms with E-state index in [0.717, 1.165) is 50.6 Å². The SMILES string of the molecule is O=C(O)/C=C/c1ccc(-c2c(C(=O)C3CC3)sc3cc(O)ccc23)cc1. The zero-order valence-corrected chi connectivity index (χ0v) is 14.6. The van der Waals surface area contributed by atoms with Gasteiger partial charge in [0, 0.05) is 27.6 Å². The van der Waals surface area contributed by atoms with E-state index in [1.165, 1.54) is 17.4 Å². The number of carboxylic acids is 1. The van der Waals surface area contributed by atoms with Gasteiger partial charge in [0.15, 0.2) is 5.78 Å². The van der Waals surface area contributed by atoms with Gasteiger partial charge in [0.05, 0.1) is 4.88 Å². The van der Waals surface area contributed by atoms with Crippen LogP contribution in [0.3, 0.4) is 0 Å². The molecule has 0 atom stereocenters. The first-order chi connectivity index (χ1) is 12.5. The summed E-state index contributed by atoms with van der Waals surface area (Å²) in [5.41, 5.74) is 2.59. The number of thiophene rings is 1. The van der Waals surface area contributed by atoms with E-state index in [2.05, 4.69) is 0 Å². The van der Waals surface area contributed by atoms with E-state index in [4.69, 9.17) is 5.11 Å². The molecule has 5 heteroatoms. The van der Waals surface area contributed by atoms with Crippen LogP contribution in [0.4, 0.5) is 0 Å². The van der Waals surface area contributed by atoms with Gasteiger partial charge in [0.2, 0.25) is 0 Å². The molecule has 2 N–H and O–H groups in total. The Labute approximate surface area is 154 Å². The molecular weight excluding hydrogens is 348 g/mol. The molecule has 0 radical (unpaired) electrons. The molecule has 1 fully saturated rings. The van der Waals surface area contributed by atoms with Crippen molar-refractivity contribution in [2.24, 2.45) is 5.92 Å². The van der Waals surface area contributed by atoms with Gasteiger partial charge in [0.25, 0.3) is 0 Å². The number of aliphatic carboxylic acids is 1. The lowest BCUT2D eigenvalue weighted by Crippen LogP contribution is -2.00. The summed E-state index contributed by atoms with van der Waals surface area (Å²) in [7, 11) is 0. The summed E-state index contributed by atoms with van der Waals surface area (Å²) in [6.45, 7) is 0. The topological polar surface area (TPSA) is 74.6 Å². The molecule has 0 bridgehead atoms. The van der Waals surface area contributed by atoms with Gasteiger partial charge in [-0.15, -0.1) is 11.3 Å². The molecule has 4 rings (SSSR count). The van der Waals surface area contributed by atoms with Crippen LogP contribution in [0.2, 0.25) is 0 Å². The van der Waals surface area contributed by atoms with Crippen LogP contribution in [0.5, 0.6) is 5.75 Å². The summed E-state index contributed by atoms with van der Waals surface area (Å²) in [6.07, 6.45) is 4.51. The number of phenols is 1. The first kappa shape index (κ1) is 16.5. The molecule has 1 aromatic heterocycles. The fraction of sp³-hybridized carbons (Fsp3) is 0.143. The van der Waals surface area contributed by atoms with Gasteiger partial charge >= 0.3 is 5.97 Å². The third kappa shape index (κ3) is 3.13. The average molecular weight is 364 g/mol. The second kappa shape index (κ2) is 6.42. The van der Waals surface area contributed by atoms with Gasteiger partial charge < -0.3 is 10.2 Å². The minimum atomic E-state index is -0.991. The molecule has 0 saturated heterocycles. The van der Waals surface area contributed by atoms with Crippen molar-refractivity contribution in [2.75, 3.05) is 0 Å². The Hall–Kier alpha value is -2.92. The summed E-state index contributed by atoms with van der Waals surface area (Å²) in [6, 6.07) is 12.6. The van der Waals surface area contributed by atoms with Crippen LogP contribution in [0, 0.1) is 5.92 Å². The summed E-state index contributed by atoms with van der Waals surface area (Å²) < 4.78 is 0.888. The van der Waals surface area contributed by atoms with Crippen LogP contribution in [0.25, 0.3) is 27.3 Å². The number of aromatic hydroxyl groups is 1. The number of Topliss-reactive ketones (excluding diaryl/α,β-unsaturated/α-hetero) is 1. The average Bonchev–Trinajstić information content (AvgIpc) is 3.40. The lowest BCUT2D eigenvalue weighted by molar-refractivity contribution is -0.131. The predicted octanol–water partition coefficient (Wildman–Crippen LogP) is 4.96. The molecule has 26 heavy (non-hydrogen) atoms. The Morgan fingerprint density at radius 2 is 1.81 bits per heavy atom. The fourth-order valence-corrected chi connectivity index (χ4v) is 4.28. The number of rotatable bonds is 5. The highest BCUT2D eigenvalue weighted by atomic mass is 32.1. The molecule has 130 valence electrons. The number of carboxylic acid groups (broad SMARTS) is 1. The largest absolute Gasteiger partial charge is 0.508 e. The number of fused-ring (bicyclic) bond motifs is 1. The van der Waals surface area contributed by atoms with Crippen LogP contribution in [0.1, 0.15) is 28.1 Å². The Balaban J connectivity index is 1.82. The Morgan fingerprint density at radius 1 is 1.08 bits per heavy atom. The number of carbonyl (C=O) groups is 2. The first-order valence-corrected chi connectivity index (χ1v) is 9.16. The summed E-state index contributed by atoms with van der Waals surface area (Å²) in [5, 5.41) is 19.4. The van der Waals surface area contributed by atoms with Crippen molar-refractivity contribution in [1.29, 1.82) is 0 Å². The quantitative estimate of drug-likeness (QED) is 0.495. The van der Waals surface area contributed by atoms with Crippen LogP contribution in [0.15, 0.2) is 48.5 Å². The molecule has 0 spiro atoms. The molecule has 3 aromatic rings. The van der Waals surface area contributed by atoms with Crippen molar-refractivity contribution < 1.29 is 19.8 Å². The van der Waals surface area contributed by atoms with Gasteiger partial charge in [-0.05, 0) is 48.2 Å². The van der Waals surface area contributed by atoms with Gasteiger partial charge in [-0.2, -0.15) is 0 Å². The Bertz CT molecular complexity index is 1040. The molecule has 0 aliphatic heterocycles. The van der Waals surface area contributed by atoms with E-state index in [0.29, 0.717) is 0 Å². The number of hydrogen-bond acceptors (Lipinski definition) is 4. The molecule has 1 heterocycles. The van der Waals surface area contributed by atoms with Crippen LogP contribution >= 0.6 is 11.3 Å². The number of benzene rings is 2. The second-order valence-electron chi connectivity index (χ2n) is 6.42. The lowest BCUT2D eigenvalue weighted by Gasteiger charge is -2.05. The van der Waals surface area contributed by atoms with E-state index in [9.17, 15) is 14.7 Å². The molecule has 1 aliphatic carbocycles. The summed E-state index contributed by atoms with van der Waals surface area (Å²) in [5.74, 6) is -0.511. The van der Waals surface area contributed by atoms with Crippen LogP contribution in [-0.4, -0.2) is 22.0 Å². The summed E-state index contributed by atoms with van der Waals surface area (Å²) >= 11 is 1.43. The minimum absolute atomic E-state index is 0.119. The number of ketones is 1. The molecular formula is C21H16O4S. The zero-order valence-electron chi connectivity index (χ0n) is 13.8.